The Balaban J connectivity index is 1.70. The minimum Gasteiger partial charge on any atom is -0.316 e. The molecule has 0 saturated carbocycles. The van der Waals surface area contributed by atoms with Crippen LogP contribution in [0.5, 0.6) is 0 Å². The highest BCUT2D eigenvalue weighted by molar-refractivity contribution is 7.99. The molecule has 0 aliphatic rings. The zero-order valence-electron chi connectivity index (χ0n) is 15.6. The summed E-state index contributed by atoms with van der Waals surface area (Å²) in [6, 6.07) is 14.4. The molecule has 31 heavy (non-hydrogen) atoms. The van der Waals surface area contributed by atoms with E-state index in [0.29, 0.717) is 27.2 Å². The molecule has 0 bridgehead atoms. The average Bonchev–Trinajstić information content (AvgIpc) is 3.21. The SMILES string of the molecule is N#Cc1ccsc1NC(=O)CSc1nc2ccccc2c(=O)n1-c1ccc(F)c(Cl)c1. The van der Waals surface area contributed by atoms with Crippen LogP contribution in [-0.2, 0) is 4.79 Å². The first-order chi connectivity index (χ1) is 15.0. The normalized spacial score (nSPS) is 10.7. The number of nitriles is 1. The van der Waals surface area contributed by atoms with Crippen molar-refractivity contribution in [1.29, 1.82) is 5.26 Å². The van der Waals surface area contributed by atoms with E-state index in [4.69, 9.17) is 16.9 Å². The third-order valence-corrected chi connectivity index (χ3v) is 6.34. The van der Waals surface area contributed by atoms with Crippen molar-refractivity contribution >= 4 is 56.5 Å². The van der Waals surface area contributed by atoms with Crippen molar-refractivity contribution in [3.63, 3.8) is 0 Å². The average molecular weight is 471 g/mol. The van der Waals surface area contributed by atoms with Crippen LogP contribution in [0.25, 0.3) is 16.6 Å². The molecule has 154 valence electrons. The van der Waals surface area contributed by atoms with Gasteiger partial charge >= 0.3 is 0 Å². The van der Waals surface area contributed by atoms with Gasteiger partial charge < -0.3 is 5.32 Å². The number of nitrogens with one attached hydrogen (secondary N) is 1. The number of carbonyl (C=O) groups excluding carboxylic acids is 1. The lowest BCUT2D eigenvalue weighted by Gasteiger charge is -2.13. The molecule has 2 aromatic heterocycles. The summed E-state index contributed by atoms with van der Waals surface area (Å²) < 4.78 is 15.0. The monoisotopic (exact) mass is 470 g/mol. The van der Waals surface area contributed by atoms with Gasteiger partial charge in [0, 0.05) is 0 Å². The number of amides is 1. The second-order valence-corrected chi connectivity index (χ2v) is 8.53. The van der Waals surface area contributed by atoms with Crippen LogP contribution in [0.4, 0.5) is 9.39 Å². The summed E-state index contributed by atoms with van der Waals surface area (Å²) in [6.07, 6.45) is 0. The van der Waals surface area contributed by atoms with Gasteiger partial charge in [-0.25, -0.2) is 9.37 Å². The largest absolute Gasteiger partial charge is 0.316 e. The molecular formula is C21H12ClFN4O2S2. The number of thiophene rings is 1. The molecule has 4 rings (SSSR count). The van der Waals surface area contributed by atoms with Gasteiger partial charge in [0.1, 0.15) is 16.9 Å². The number of benzene rings is 2. The smallest absolute Gasteiger partial charge is 0.266 e. The van der Waals surface area contributed by atoms with Crippen molar-refractivity contribution in [2.45, 2.75) is 5.16 Å². The van der Waals surface area contributed by atoms with Crippen LogP contribution in [0.1, 0.15) is 5.56 Å². The number of aromatic nitrogens is 2. The number of thioether (sulfide) groups is 1. The highest BCUT2D eigenvalue weighted by Gasteiger charge is 2.16. The maximum atomic E-state index is 13.6. The Bertz CT molecular complexity index is 1410. The molecule has 1 N–H and O–H groups in total. The third-order valence-electron chi connectivity index (χ3n) is 4.28. The number of fused-ring (bicyclic) bond motifs is 1. The van der Waals surface area contributed by atoms with Gasteiger partial charge in [0.15, 0.2) is 5.16 Å². The molecule has 0 saturated heterocycles. The van der Waals surface area contributed by atoms with E-state index in [1.165, 1.54) is 34.1 Å². The molecule has 6 nitrogen and oxygen atoms in total. The van der Waals surface area contributed by atoms with E-state index in [1.54, 1.807) is 35.7 Å². The van der Waals surface area contributed by atoms with Gasteiger partial charge in [0.05, 0.1) is 32.9 Å². The number of rotatable bonds is 5. The van der Waals surface area contributed by atoms with Crippen LogP contribution < -0.4 is 10.9 Å². The second kappa shape index (κ2) is 8.89. The molecule has 2 heterocycles. The summed E-state index contributed by atoms with van der Waals surface area (Å²) in [5, 5.41) is 14.4. The summed E-state index contributed by atoms with van der Waals surface area (Å²) in [5.41, 5.74) is 0.832. The van der Waals surface area contributed by atoms with E-state index in [2.05, 4.69) is 10.3 Å². The van der Waals surface area contributed by atoms with Crippen molar-refractivity contribution in [2.24, 2.45) is 0 Å². The van der Waals surface area contributed by atoms with Crippen molar-refractivity contribution in [2.75, 3.05) is 11.1 Å². The fourth-order valence-corrected chi connectivity index (χ4v) is 4.59. The standard InChI is InChI=1S/C21H12ClFN4O2S2/c22-15-9-13(5-6-16(15)23)27-20(29)14-3-1-2-4-17(14)25-21(27)31-11-18(28)26-19-12(10-24)7-8-30-19/h1-9H,11H2,(H,26,28). The predicted octanol–water partition coefficient (Wildman–Crippen LogP) is 4.84. The molecule has 0 fully saturated rings. The summed E-state index contributed by atoms with van der Waals surface area (Å²) >= 11 is 8.21. The summed E-state index contributed by atoms with van der Waals surface area (Å²) in [7, 11) is 0. The highest BCUT2D eigenvalue weighted by Crippen LogP contribution is 2.26. The quantitative estimate of drug-likeness (QED) is 0.333. The molecule has 4 aromatic rings. The van der Waals surface area contributed by atoms with Crippen LogP contribution in [0.2, 0.25) is 5.02 Å². The van der Waals surface area contributed by atoms with E-state index in [1.807, 2.05) is 6.07 Å². The van der Waals surface area contributed by atoms with Crippen LogP contribution in [0.15, 0.2) is 63.9 Å². The van der Waals surface area contributed by atoms with Crippen molar-refractivity contribution < 1.29 is 9.18 Å². The molecule has 0 spiro atoms. The second-order valence-electron chi connectivity index (χ2n) is 6.26. The van der Waals surface area contributed by atoms with Crippen LogP contribution in [-0.4, -0.2) is 21.2 Å². The van der Waals surface area contributed by atoms with E-state index >= 15 is 0 Å². The minimum absolute atomic E-state index is 0.0531. The molecule has 0 aliphatic carbocycles. The number of hydrogen-bond donors (Lipinski definition) is 1. The highest BCUT2D eigenvalue weighted by atomic mass is 35.5. The third kappa shape index (κ3) is 4.32. The Morgan fingerprint density at radius 3 is 2.87 bits per heavy atom. The Labute approximate surface area is 188 Å². The number of nitrogens with zero attached hydrogens (tertiary/aromatic N) is 3. The van der Waals surface area contributed by atoms with Gasteiger partial charge in [-0.2, -0.15) is 5.26 Å². The summed E-state index contributed by atoms with van der Waals surface area (Å²) in [4.78, 5) is 30.1. The van der Waals surface area contributed by atoms with Gasteiger partial charge in [-0.05, 0) is 41.8 Å². The Morgan fingerprint density at radius 2 is 2.10 bits per heavy atom. The van der Waals surface area contributed by atoms with Gasteiger partial charge in [-0.1, -0.05) is 35.5 Å². The predicted molar refractivity (Wildman–Crippen MR) is 121 cm³/mol. The number of para-hydroxylation sites is 1. The molecule has 0 atom stereocenters. The van der Waals surface area contributed by atoms with Crippen LogP contribution in [0.3, 0.4) is 0 Å². The maximum Gasteiger partial charge on any atom is 0.266 e. The molecule has 10 heteroatoms. The summed E-state index contributed by atoms with van der Waals surface area (Å²) in [5.74, 6) is -1.01. The van der Waals surface area contributed by atoms with Crippen molar-refractivity contribution in [3.8, 4) is 11.8 Å². The lowest BCUT2D eigenvalue weighted by atomic mass is 10.2. The fraction of sp³-hybridized carbons (Fsp3) is 0.0476. The molecule has 1 amide bonds. The molecule has 2 aromatic carbocycles. The van der Waals surface area contributed by atoms with Gasteiger partial charge in [-0.15, -0.1) is 11.3 Å². The van der Waals surface area contributed by atoms with E-state index < -0.39 is 5.82 Å². The van der Waals surface area contributed by atoms with Crippen LogP contribution in [0, 0.1) is 17.1 Å². The maximum absolute atomic E-state index is 13.6. The van der Waals surface area contributed by atoms with Crippen molar-refractivity contribution in [1.82, 2.24) is 9.55 Å². The molecule has 0 radical (unpaired) electrons. The lowest BCUT2D eigenvalue weighted by Crippen LogP contribution is -2.23. The van der Waals surface area contributed by atoms with Gasteiger partial charge in [0.2, 0.25) is 5.91 Å². The molecule has 0 aliphatic heterocycles. The fourth-order valence-electron chi connectivity index (χ4n) is 2.85. The van der Waals surface area contributed by atoms with Gasteiger partial charge in [0.25, 0.3) is 5.56 Å². The van der Waals surface area contributed by atoms with Crippen LogP contribution >= 0.6 is 34.7 Å². The zero-order valence-corrected chi connectivity index (χ0v) is 18.0. The van der Waals surface area contributed by atoms with E-state index in [-0.39, 0.29) is 27.4 Å². The summed E-state index contributed by atoms with van der Waals surface area (Å²) in [6.45, 7) is 0. The Kier molecular flexibility index (Phi) is 6.04. The molecular weight excluding hydrogens is 459 g/mol. The van der Waals surface area contributed by atoms with Crippen molar-refractivity contribution in [3.05, 3.63) is 80.7 Å². The first-order valence-electron chi connectivity index (χ1n) is 8.85. The zero-order chi connectivity index (χ0) is 22.0. The van der Waals surface area contributed by atoms with E-state index in [9.17, 15) is 14.0 Å². The number of anilines is 1. The van der Waals surface area contributed by atoms with E-state index in [0.717, 1.165) is 11.8 Å². The first kappa shape index (κ1) is 21.1. The minimum atomic E-state index is -0.606. The molecule has 0 unspecified atom stereocenters. The Hall–Kier alpha value is -3.19. The first-order valence-corrected chi connectivity index (χ1v) is 11.1. The number of hydrogen-bond acceptors (Lipinski definition) is 6. The number of carbonyl (C=O) groups is 1. The topological polar surface area (TPSA) is 87.8 Å². The van der Waals surface area contributed by atoms with Gasteiger partial charge in [-0.3, -0.25) is 14.2 Å². The lowest BCUT2D eigenvalue weighted by molar-refractivity contribution is -0.113. The number of halogens is 2. The Morgan fingerprint density at radius 1 is 1.29 bits per heavy atom.